The number of rotatable bonds is 6. The average molecular weight is 321 g/mol. The number of Topliss-reactive ketones (excluding diaryl/α,β-unsaturated/α-hetero) is 1. The third-order valence-electron chi connectivity index (χ3n) is 2.76. The fourth-order valence-corrected chi connectivity index (χ4v) is 1.76. The van der Waals surface area contributed by atoms with Crippen molar-refractivity contribution in [1.82, 2.24) is 10.3 Å². The van der Waals surface area contributed by atoms with Crippen molar-refractivity contribution in [2.24, 2.45) is 0 Å². The highest BCUT2D eigenvalue weighted by atomic mass is 35.5. The molecule has 1 aromatic heterocycles. The Bertz CT molecular complexity index is 665. The lowest BCUT2D eigenvalue weighted by molar-refractivity contribution is -0.141. The van der Waals surface area contributed by atoms with Crippen molar-refractivity contribution in [2.45, 2.75) is 0 Å². The number of esters is 1. The summed E-state index contributed by atoms with van der Waals surface area (Å²) in [5, 5.41) is 2.91. The van der Waals surface area contributed by atoms with Crippen molar-refractivity contribution in [3.05, 3.63) is 58.9 Å². The van der Waals surface area contributed by atoms with Crippen LogP contribution in [0.3, 0.4) is 0 Å². The van der Waals surface area contributed by atoms with Crippen molar-refractivity contribution < 1.29 is 19.1 Å². The van der Waals surface area contributed by atoms with Gasteiger partial charge in [0.05, 0.1) is 5.69 Å². The van der Waals surface area contributed by atoms with E-state index in [2.05, 4.69) is 10.3 Å². The number of ketones is 1. The second-order valence-electron chi connectivity index (χ2n) is 4.36. The standard InChI is InChI=1S/C15H13ClN2O4/c16-11-5-3-10(4-6-11)15(21)18-8-14(20)22-9-13(19)12-2-1-7-17-12/h1-7,17H,8-9H2,(H,18,21). The molecule has 0 saturated carbocycles. The van der Waals surface area contributed by atoms with E-state index in [0.717, 1.165) is 0 Å². The summed E-state index contributed by atoms with van der Waals surface area (Å²) in [6, 6.07) is 9.48. The minimum absolute atomic E-state index is 0.320. The van der Waals surface area contributed by atoms with E-state index in [-0.39, 0.29) is 18.9 Å². The molecule has 2 aromatic rings. The van der Waals surface area contributed by atoms with Crippen molar-refractivity contribution >= 4 is 29.3 Å². The first-order valence-corrected chi connectivity index (χ1v) is 6.80. The highest BCUT2D eigenvalue weighted by Gasteiger charge is 2.12. The van der Waals surface area contributed by atoms with Crippen LogP contribution in [-0.4, -0.2) is 35.8 Å². The molecule has 1 heterocycles. The zero-order valence-corrected chi connectivity index (χ0v) is 12.2. The van der Waals surface area contributed by atoms with Crippen LogP contribution in [0.15, 0.2) is 42.6 Å². The third kappa shape index (κ3) is 4.46. The van der Waals surface area contributed by atoms with Crippen LogP contribution in [-0.2, 0) is 9.53 Å². The first-order chi connectivity index (χ1) is 10.6. The number of aromatic nitrogens is 1. The third-order valence-corrected chi connectivity index (χ3v) is 3.01. The first-order valence-electron chi connectivity index (χ1n) is 6.42. The molecule has 0 spiro atoms. The number of amides is 1. The number of aromatic amines is 1. The smallest absolute Gasteiger partial charge is 0.325 e. The van der Waals surface area contributed by atoms with Gasteiger partial charge in [0.2, 0.25) is 5.78 Å². The molecule has 1 amide bonds. The van der Waals surface area contributed by atoms with E-state index < -0.39 is 11.9 Å². The van der Waals surface area contributed by atoms with Gasteiger partial charge in [0.25, 0.3) is 5.91 Å². The molecule has 0 aliphatic rings. The molecule has 0 aliphatic heterocycles. The molecule has 2 N–H and O–H groups in total. The fraction of sp³-hybridized carbons (Fsp3) is 0.133. The van der Waals surface area contributed by atoms with E-state index in [9.17, 15) is 14.4 Å². The minimum atomic E-state index is -0.692. The number of carbonyl (C=O) groups is 3. The maximum atomic E-state index is 11.8. The van der Waals surface area contributed by atoms with Crippen LogP contribution in [0.5, 0.6) is 0 Å². The van der Waals surface area contributed by atoms with Crippen LogP contribution in [0.25, 0.3) is 0 Å². The van der Waals surface area contributed by atoms with E-state index in [4.69, 9.17) is 16.3 Å². The summed E-state index contributed by atoms with van der Waals surface area (Å²) < 4.78 is 4.79. The molecule has 0 unspecified atom stereocenters. The molecule has 7 heteroatoms. The molecule has 0 aliphatic carbocycles. The Morgan fingerprint density at radius 2 is 1.86 bits per heavy atom. The number of nitrogens with one attached hydrogen (secondary N) is 2. The number of H-pyrrole nitrogens is 1. The van der Waals surface area contributed by atoms with Crippen LogP contribution in [0.1, 0.15) is 20.8 Å². The van der Waals surface area contributed by atoms with E-state index in [1.807, 2.05) is 0 Å². The largest absolute Gasteiger partial charge is 0.456 e. The first kappa shape index (κ1) is 15.8. The molecule has 0 radical (unpaired) electrons. The van der Waals surface area contributed by atoms with Gasteiger partial charge in [0, 0.05) is 16.8 Å². The van der Waals surface area contributed by atoms with Crippen LogP contribution >= 0.6 is 11.6 Å². The Kier molecular flexibility index (Phi) is 5.32. The molecule has 1 aromatic carbocycles. The summed E-state index contributed by atoms with van der Waals surface area (Å²) in [5.74, 6) is -1.46. The summed E-state index contributed by atoms with van der Waals surface area (Å²) in [6.45, 7) is -0.699. The van der Waals surface area contributed by atoms with Crippen LogP contribution in [0.4, 0.5) is 0 Å². The van der Waals surface area contributed by atoms with Crippen molar-refractivity contribution in [1.29, 1.82) is 0 Å². The minimum Gasteiger partial charge on any atom is -0.456 e. The molecule has 114 valence electrons. The van der Waals surface area contributed by atoms with Gasteiger partial charge in [-0.05, 0) is 36.4 Å². The molecule has 0 saturated heterocycles. The zero-order valence-electron chi connectivity index (χ0n) is 11.5. The van der Waals surface area contributed by atoms with Gasteiger partial charge in [-0.15, -0.1) is 0 Å². The lowest BCUT2D eigenvalue weighted by Crippen LogP contribution is -2.31. The summed E-state index contributed by atoms with van der Waals surface area (Å²) in [7, 11) is 0. The second kappa shape index (κ2) is 7.42. The summed E-state index contributed by atoms with van der Waals surface area (Å²) >= 11 is 5.72. The van der Waals surface area contributed by atoms with Gasteiger partial charge >= 0.3 is 5.97 Å². The van der Waals surface area contributed by atoms with E-state index in [0.29, 0.717) is 16.3 Å². The lowest BCUT2D eigenvalue weighted by Gasteiger charge is -2.06. The molecule has 0 bridgehead atoms. The van der Waals surface area contributed by atoms with Gasteiger partial charge in [-0.25, -0.2) is 0 Å². The maximum absolute atomic E-state index is 11.8. The Morgan fingerprint density at radius 3 is 2.50 bits per heavy atom. The molecule has 6 nitrogen and oxygen atoms in total. The SMILES string of the molecule is O=C(CNC(=O)c1ccc(Cl)cc1)OCC(=O)c1ccc[nH]1. The molecule has 2 rings (SSSR count). The quantitative estimate of drug-likeness (QED) is 0.627. The normalized spacial score (nSPS) is 10.0. The maximum Gasteiger partial charge on any atom is 0.325 e. The van der Waals surface area contributed by atoms with Crippen LogP contribution in [0.2, 0.25) is 5.02 Å². The summed E-state index contributed by atoms with van der Waals surface area (Å²) in [6.07, 6.45) is 1.60. The highest BCUT2D eigenvalue weighted by molar-refractivity contribution is 6.30. The number of hydrogen-bond donors (Lipinski definition) is 2. The number of benzene rings is 1. The van der Waals surface area contributed by atoms with Gasteiger partial charge in [-0.3, -0.25) is 14.4 Å². The van der Waals surface area contributed by atoms with E-state index >= 15 is 0 Å². The van der Waals surface area contributed by atoms with Gasteiger partial charge in [-0.1, -0.05) is 11.6 Å². The summed E-state index contributed by atoms with van der Waals surface area (Å²) in [5.41, 5.74) is 0.734. The van der Waals surface area contributed by atoms with E-state index in [1.165, 1.54) is 12.1 Å². The van der Waals surface area contributed by atoms with E-state index in [1.54, 1.807) is 30.5 Å². The second-order valence-corrected chi connectivity index (χ2v) is 4.79. The molecule has 0 fully saturated rings. The van der Waals surface area contributed by atoms with Crippen LogP contribution in [0, 0.1) is 0 Å². The van der Waals surface area contributed by atoms with Crippen molar-refractivity contribution in [3.63, 3.8) is 0 Å². The van der Waals surface area contributed by atoms with Gasteiger partial charge in [0.15, 0.2) is 6.61 Å². The number of ether oxygens (including phenoxy) is 1. The Balaban J connectivity index is 1.74. The molecular weight excluding hydrogens is 308 g/mol. The van der Waals surface area contributed by atoms with Crippen LogP contribution < -0.4 is 5.32 Å². The molecule has 22 heavy (non-hydrogen) atoms. The number of halogens is 1. The van der Waals surface area contributed by atoms with Crippen molar-refractivity contribution in [2.75, 3.05) is 13.2 Å². The predicted molar refractivity (Wildman–Crippen MR) is 79.9 cm³/mol. The average Bonchev–Trinajstić information content (AvgIpc) is 3.05. The van der Waals surface area contributed by atoms with Crippen molar-refractivity contribution in [3.8, 4) is 0 Å². The van der Waals surface area contributed by atoms with Gasteiger partial charge in [-0.2, -0.15) is 0 Å². The Labute approximate surface area is 131 Å². The lowest BCUT2D eigenvalue weighted by atomic mass is 10.2. The van der Waals surface area contributed by atoms with Gasteiger partial charge in [0.1, 0.15) is 6.54 Å². The highest BCUT2D eigenvalue weighted by Crippen LogP contribution is 2.09. The molecular formula is C15H13ClN2O4. The Hall–Kier alpha value is -2.60. The Morgan fingerprint density at radius 1 is 1.14 bits per heavy atom. The zero-order chi connectivity index (χ0) is 15.9. The fourth-order valence-electron chi connectivity index (χ4n) is 1.63. The monoisotopic (exact) mass is 320 g/mol. The predicted octanol–water partition coefficient (Wildman–Crippen LogP) is 1.82. The number of carbonyl (C=O) groups excluding carboxylic acids is 3. The topological polar surface area (TPSA) is 88.3 Å². The van der Waals surface area contributed by atoms with Gasteiger partial charge < -0.3 is 15.0 Å². The number of hydrogen-bond acceptors (Lipinski definition) is 4. The summed E-state index contributed by atoms with van der Waals surface area (Å²) in [4.78, 5) is 37.5. The molecule has 0 atom stereocenters.